The molecular formula is C12H19N5. The van der Waals surface area contributed by atoms with Crippen LogP contribution < -0.4 is 5.73 Å². The van der Waals surface area contributed by atoms with Crippen molar-refractivity contribution in [2.45, 2.75) is 33.9 Å². The quantitative estimate of drug-likeness (QED) is 0.869. The third kappa shape index (κ3) is 2.10. The minimum Gasteiger partial charge on any atom is -0.327 e. The van der Waals surface area contributed by atoms with Crippen LogP contribution in [0.4, 0.5) is 0 Å². The van der Waals surface area contributed by atoms with E-state index in [9.17, 15) is 0 Å². The van der Waals surface area contributed by atoms with Crippen LogP contribution in [-0.2, 0) is 0 Å². The molecule has 5 heteroatoms. The summed E-state index contributed by atoms with van der Waals surface area (Å²) in [5, 5.41) is 8.97. The van der Waals surface area contributed by atoms with E-state index in [-0.39, 0.29) is 6.17 Å². The van der Waals surface area contributed by atoms with Crippen LogP contribution in [0.15, 0.2) is 12.1 Å². The Morgan fingerprint density at radius 2 is 1.41 bits per heavy atom. The second-order valence-corrected chi connectivity index (χ2v) is 4.46. The van der Waals surface area contributed by atoms with Gasteiger partial charge in [-0.05, 0) is 39.8 Å². The Bertz CT molecular complexity index is 477. The molecule has 0 aliphatic heterocycles. The molecule has 0 saturated heterocycles. The minimum atomic E-state index is -0.0441. The zero-order chi connectivity index (χ0) is 12.6. The highest BCUT2D eigenvalue weighted by Gasteiger charge is 2.17. The Balaban J connectivity index is 2.47. The number of rotatable bonds is 3. The van der Waals surface area contributed by atoms with Crippen LogP contribution >= 0.6 is 0 Å². The van der Waals surface area contributed by atoms with Crippen molar-refractivity contribution in [3.8, 4) is 0 Å². The molecule has 5 nitrogen and oxygen atoms in total. The van der Waals surface area contributed by atoms with Crippen molar-refractivity contribution in [3.05, 3.63) is 34.9 Å². The molecule has 0 spiro atoms. The topological polar surface area (TPSA) is 61.7 Å². The van der Waals surface area contributed by atoms with Crippen LogP contribution in [0, 0.1) is 27.7 Å². The number of hydrogen-bond acceptors (Lipinski definition) is 3. The molecule has 2 N–H and O–H groups in total. The summed E-state index contributed by atoms with van der Waals surface area (Å²) in [6.45, 7) is 8.52. The van der Waals surface area contributed by atoms with E-state index in [4.69, 9.17) is 5.73 Å². The summed E-state index contributed by atoms with van der Waals surface area (Å²) in [6, 6.07) is 4.10. The summed E-state index contributed by atoms with van der Waals surface area (Å²) < 4.78 is 3.88. The molecule has 2 heterocycles. The van der Waals surface area contributed by atoms with E-state index in [2.05, 4.69) is 10.2 Å². The normalized spacial score (nSPS) is 11.4. The fraction of sp³-hybridized carbons (Fsp3) is 0.500. The van der Waals surface area contributed by atoms with Gasteiger partial charge in [-0.15, -0.1) is 0 Å². The Morgan fingerprint density at radius 1 is 1.00 bits per heavy atom. The smallest absolute Gasteiger partial charge is 0.156 e. The molecule has 2 aromatic rings. The lowest BCUT2D eigenvalue weighted by atomic mass is 10.3. The molecule has 0 fully saturated rings. The summed E-state index contributed by atoms with van der Waals surface area (Å²) in [7, 11) is 0. The Hall–Kier alpha value is -1.62. The maximum atomic E-state index is 5.87. The first-order valence-corrected chi connectivity index (χ1v) is 5.78. The van der Waals surface area contributed by atoms with Crippen LogP contribution in [0.5, 0.6) is 0 Å². The third-order valence-electron chi connectivity index (χ3n) is 2.86. The van der Waals surface area contributed by atoms with Crippen molar-refractivity contribution in [1.29, 1.82) is 0 Å². The highest BCUT2D eigenvalue weighted by molar-refractivity contribution is 5.11. The van der Waals surface area contributed by atoms with E-state index >= 15 is 0 Å². The zero-order valence-corrected chi connectivity index (χ0v) is 10.8. The van der Waals surface area contributed by atoms with Gasteiger partial charge < -0.3 is 5.73 Å². The molecule has 0 saturated carbocycles. The number of nitrogens with two attached hydrogens (primary N) is 1. The maximum absolute atomic E-state index is 5.87. The molecule has 2 rings (SSSR count). The van der Waals surface area contributed by atoms with Crippen LogP contribution in [-0.4, -0.2) is 26.1 Å². The summed E-state index contributed by atoms with van der Waals surface area (Å²) in [5.41, 5.74) is 10.1. The second kappa shape index (κ2) is 4.33. The third-order valence-corrected chi connectivity index (χ3v) is 2.86. The first-order valence-electron chi connectivity index (χ1n) is 5.78. The maximum Gasteiger partial charge on any atom is 0.156 e. The zero-order valence-electron chi connectivity index (χ0n) is 10.8. The number of aromatic nitrogens is 4. The van der Waals surface area contributed by atoms with Crippen molar-refractivity contribution in [2.75, 3.05) is 6.54 Å². The van der Waals surface area contributed by atoms with Gasteiger partial charge in [-0.3, -0.25) is 0 Å². The average molecular weight is 233 g/mol. The molecular weight excluding hydrogens is 214 g/mol. The van der Waals surface area contributed by atoms with E-state index < -0.39 is 0 Å². The highest BCUT2D eigenvalue weighted by Crippen LogP contribution is 2.15. The van der Waals surface area contributed by atoms with E-state index in [1.54, 1.807) is 0 Å². The molecule has 0 aliphatic carbocycles. The predicted molar refractivity (Wildman–Crippen MR) is 66.9 cm³/mol. The highest BCUT2D eigenvalue weighted by atomic mass is 15.5. The van der Waals surface area contributed by atoms with Crippen molar-refractivity contribution in [1.82, 2.24) is 19.6 Å². The van der Waals surface area contributed by atoms with Crippen LogP contribution in [0.25, 0.3) is 0 Å². The van der Waals surface area contributed by atoms with Gasteiger partial charge in [0.2, 0.25) is 0 Å². The summed E-state index contributed by atoms with van der Waals surface area (Å²) >= 11 is 0. The molecule has 17 heavy (non-hydrogen) atoms. The van der Waals surface area contributed by atoms with Crippen molar-refractivity contribution in [3.63, 3.8) is 0 Å². The fourth-order valence-electron chi connectivity index (χ4n) is 2.20. The van der Waals surface area contributed by atoms with Gasteiger partial charge in [-0.25, -0.2) is 9.36 Å². The summed E-state index contributed by atoms with van der Waals surface area (Å²) in [4.78, 5) is 0. The van der Waals surface area contributed by atoms with Crippen LogP contribution in [0.3, 0.4) is 0 Å². The Morgan fingerprint density at radius 3 is 1.65 bits per heavy atom. The Kier molecular flexibility index (Phi) is 3.02. The first-order chi connectivity index (χ1) is 8.02. The SMILES string of the molecule is Cc1cc(C)n(C(CN)n2nc(C)cc2C)n1. The van der Waals surface area contributed by atoms with Crippen LogP contribution in [0.1, 0.15) is 28.9 Å². The van der Waals surface area contributed by atoms with Gasteiger partial charge >= 0.3 is 0 Å². The lowest BCUT2D eigenvalue weighted by molar-refractivity contribution is 0.354. The lowest BCUT2D eigenvalue weighted by Gasteiger charge is -2.19. The van der Waals surface area contributed by atoms with Crippen molar-refractivity contribution < 1.29 is 0 Å². The van der Waals surface area contributed by atoms with Gasteiger partial charge in [-0.2, -0.15) is 10.2 Å². The molecule has 92 valence electrons. The largest absolute Gasteiger partial charge is 0.327 e. The molecule has 0 amide bonds. The van der Waals surface area contributed by atoms with Gasteiger partial charge in [0.15, 0.2) is 6.17 Å². The van der Waals surface area contributed by atoms with Crippen molar-refractivity contribution in [2.24, 2.45) is 5.73 Å². The Labute approximate surface area is 101 Å². The van der Waals surface area contributed by atoms with Crippen molar-refractivity contribution >= 4 is 0 Å². The molecule has 2 aromatic heterocycles. The van der Waals surface area contributed by atoms with Gasteiger partial charge in [-0.1, -0.05) is 0 Å². The average Bonchev–Trinajstić information content (AvgIpc) is 2.73. The van der Waals surface area contributed by atoms with E-state index in [0.717, 1.165) is 22.8 Å². The van der Waals surface area contributed by atoms with Gasteiger partial charge in [0, 0.05) is 17.9 Å². The summed E-state index contributed by atoms with van der Waals surface area (Å²) in [6.07, 6.45) is -0.0441. The van der Waals surface area contributed by atoms with Gasteiger partial charge in [0.25, 0.3) is 0 Å². The number of hydrogen-bond donors (Lipinski definition) is 1. The van der Waals surface area contributed by atoms with E-state index in [1.165, 1.54) is 0 Å². The number of nitrogens with zero attached hydrogens (tertiary/aromatic N) is 4. The number of aryl methyl sites for hydroxylation is 4. The molecule has 0 bridgehead atoms. The molecule has 0 aliphatic rings. The van der Waals surface area contributed by atoms with E-state index in [0.29, 0.717) is 6.54 Å². The van der Waals surface area contributed by atoms with Gasteiger partial charge in [0.05, 0.1) is 11.4 Å². The van der Waals surface area contributed by atoms with Crippen LogP contribution in [0.2, 0.25) is 0 Å². The second-order valence-electron chi connectivity index (χ2n) is 4.46. The molecule has 0 aromatic carbocycles. The fourth-order valence-corrected chi connectivity index (χ4v) is 2.20. The molecule has 0 atom stereocenters. The minimum absolute atomic E-state index is 0.0441. The molecule has 0 unspecified atom stereocenters. The van der Waals surface area contributed by atoms with Gasteiger partial charge in [0.1, 0.15) is 0 Å². The summed E-state index contributed by atoms with van der Waals surface area (Å²) in [5.74, 6) is 0. The first kappa shape index (κ1) is 11.9. The monoisotopic (exact) mass is 233 g/mol. The molecule has 0 radical (unpaired) electrons. The standard InChI is InChI=1S/C12H19N5/c1-8-5-10(3)16(14-8)12(7-13)17-11(4)6-9(2)15-17/h5-6,12H,7,13H2,1-4H3. The lowest BCUT2D eigenvalue weighted by Crippen LogP contribution is -2.29. The predicted octanol–water partition coefficient (Wildman–Crippen LogP) is 1.32. The van der Waals surface area contributed by atoms with E-state index in [1.807, 2.05) is 49.2 Å².